The molecule has 0 radical (unpaired) electrons. The molecule has 0 bridgehead atoms. The Bertz CT molecular complexity index is 3090. The molecule has 0 aliphatic heterocycles. The van der Waals surface area contributed by atoms with Gasteiger partial charge in [0.2, 0.25) is 6.08 Å². The van der Waals surface area contributed by atoms with Crippen molar-refractivity contribution in [1.29, 1.82) is 0 Å². The highest BCUT2D eigenvalue weighted by molar-refractivity contribution is 5.94. The molecule has 6 N–H and O–H groups in total. The van der Waals surface area contributed by atoms with Crippen LogP contribution in [-0.2, 0) is 17.9 Å². The maximum Gasteiger partial charge on any atom is 0.322 e. The Hall–Kier alpha value is -7.73. The number of pyridine rings is 2. The third-order valence-electron chi connectivity index (χ3n) is 10.8. The number of hydrogen-bond donors (Lipinski definition) is 6. The number of aliphatic hydroxyl groups is 2. The number of H-pyrrole nitrogens is 2. The number of aliphatic hydroxyl groups excluding tert-OH is 2. The first-order valence-electron chi connectivity index (χ1n) is 21.6. The van der Waals surface area contributed by atoms with Crippen LogP contribution < -0.4 is 21.8 Å². The Morgan fingerprint density at radius 1 is 0.636 bits per heavy atom. The predicted octanol–water partition coefficient (Wildman–Crippen LogP) is 9.39. The predicted molar refractivity (Wildman–Crippen MR) is 265 cm³/mol. The van der Waals surface area contributed by atoms with Crippen molar-refractivity contribution in [2.45, 2.75) is 40.8 Å². The van der Waals surface area contributed by atoms with E-state index in [4.69, 9.17) is 5.11 Å². The normalized spacial score (nSPS) is 10.6. The summed E-state index contributed by atoms with van der Waals surface area (Å²) in [6.07, 6.45) is 1.57. The topological polar surface area (TPSA) is 180 Å². The van der Waals surface area contributed by atoms with E-state index in [1.807, 2.05) is 155 Å². The molecule has 2 aromatic heterocycles. The highest BCUT2D eigenvalue weighted by atomic mass is 16.3. The zero-order chi connectivity index (χ0) is 47.0. The average Bonchev–Trinajstić information content (AvgIpc) is 3.31. The fourth-order valence-electron chi connectivity index (χ4n) is 7.73. The van der Waals surface area contributed by atoms with E-state index in [2.05, 4.69) is 37.7 Å². The minimum Gasteiger partial charge on any atom is -0.395 e. The van der Waals surface area contributed by atoms with Gasteiger partial charge in [0.1, 0.15) is 0 Å². The molecule has 0 atom stereocenters. The fourth-order valence-corrected chi connectivity index (χ4v) is 7.73. The van der Waals surface area contributed by atoms with Crippen LogP contribution in [-0.4, -0.2) is 63.5 Å². The monoisotopic (exact) mass is 882 g/mol. The Balaban J connectivity index is 0.000000183. The largest absolute Gasteiger partial charge is 0.395 e. The number of aromatic nitrogens is 2. The second-order valence-corrected chi connectivity index (χ2v) is 15.8. The van der Waals surface area contributed by atoms with E-state index in [1.54, 1.807) is 12.1 Å². The smallest absolute Gasteiger partial charge is 0.322 e. The van der Waals surface area contributed by atoms with E-state index in [-0.39, 0.29) is 43.5 Å². The van der Waals surface area contributed by atoms with E-state index in [1.165, 1.54) is 10.5 Å². The molecule has 66 heavy (non-hydrogen) atoms. The highest BCUT2D eigenvalue weighted by Gasteiger charge is 2.18. The van der Waals surface area contributed by atoms with E-state index >= 15 is 0 Å². The van der Waals surface area contributed by atoms with Gasteiger partial charge >= 0.3 is 6.03 Å². The number of isocyanates is 1. The van der Waals surface area contributed by atoms with Gasteiger partial charge < -0.3 is 35.7 Å². The van der Waals surface area contributed by atoms with E-state index < -0.39 is 0 Å². The number of amides is 2. The summed E-state index contributed by atoms with van der Waals surface area (Å²) in [5.74, 6) is 0. The van der Waals surface area contributed by atoms with Gasteiger partial charge in [0.25, 0.3) is 11.1 Å². The summed E-state index contributed by atoms with van der Waals surface area (Å²) >= 11 is 0. The molecule has 8 rings (SSSR count). The van der Waals surface area contributed by atoms with Crippen LogP contribution in [0.25, 0.3) is 44.1 Å². The summed E-state index contributed by atoms with van der Waals surface area (Å²) in [5, 5.41) is 26.2. The van der Waals surface area contributed by atoms with Crippen LogP contribution in [0.1, 0.15) is 33.4 Å². The molecular formula is C54H54N6O6. The first-order valence-corrected chi connectivity index (χ1v) is 21.6. The molecule has 0 unspecified atom stereocenters. The number of nitrogens with one attached hydrogen (secondary N) is 4. The number of benzene rings is 6. The third kappa shape index (κ3) is 12.5. The van der Waals surface area contributed by atoms with Crippen LogP contribution in [0.5, 0.6) is 0 Å². The van der Waals surface area contributed by atoms with Gasteiger partial charge in [-0.2, -0.15) is 4.99 Å². The number of rotatable bonds is 12. The zero-order valence-electron chi connectivity index (χ0n) is 37.5. The Labute approximate surface area is 383 Å². The minimum absolute atomic E-state index is 0.0695. The lowest BCUT2D eigenvalue weighted by Gasteiger charge is -2.23. The van der Waals surface area contributed by atoms with Crippen molar-refractivity contribution < 1.29 is 19.8 Å². The lowest BCUT2D eigenvalue weighted by Crippen LogP contribution is -2.38. The molecule has 8 aromatic rings. The van der Waals surface area contributed by atoms with Crippen molar-refractivity contribution in [3.8, 4) is 22.3 Å². The van der Waals surface area contributed by atoms with E-state index in [9.17, 15) is 24.3 Å². The average molecular weight is 883 g/mol. The number of carbonyl (C=O) groups excluding carboxylic acids is 2. The summed E-state index contributed by atoms with van der Waals surface area (Å²) in [5.41, 5.74) is 12.1. The van der Waals surface area contributed by atoms with Crippen LogP contribution in [0, 0.1) is 27.7 Å². The van der Waals surface area contributed by atoms with Crippen LogP contribution in [0.3, 0.4) is 0 Å². The quantitative estimate of drug-likeness (QED) is 0.0402. The number of nitrogens with zero attached hydrogens (tertiary/aromatic N) is 2. The SMILES string of the molecule is Cc1cc(C)c2[nH]c(=O)c(CN(CCO)C(=O)Nc3ccccc3-c3ccccc3)cc2c1.Cc1cc(C)c2[nH]c(=O)c(CNCCO)cc2c1.O=C=Nc1ccccc1-c1ccccc1. The van der Waals surface area contributed by atoms with Gasteiger partial charge in [-0.3, -0.25) is 9.59 Å². The summed E-state index contributed by atoms with van der Waals surface area (Å²) < 4.78 is 0. The molecule has 12 nitrogen and oxygen atoms in total. The maximum atomic E-state index is 13.2. The molecule has 12 heteroatoms. The number of fused-ring (bicyclic) bond motifs is 2. The van der Waals surface area contributed by atoms with Crippen molar-refractivity contribution in [3.05, 3.63) is 200 Å². The maximum absolute atomic E-state index is 13.2. The standard InChI is InChI=1S/C27H27N3O3.C14H18N2O2.C13H9NO/c1-18-14-19(2)25-21(15-18)16-22(26(32)29-25)17-30(12-13-31)27(33)28-24-11-7-6-10-23(24)20-8-4-3-5-9-20;1-9-5-10(2)13-11(6-9)7-12(14(18)16-13)8-15-3-4-17;15-10-14-13-9-5-4-8-12(13)11-6-2-1-3-7-11/h3-11,14-16,31H,12-13,17H2,1-2H3,(H,28,33)(H,29,32);5-7,15,17H,3-4,8H2,1-2H3,(H,16,18);1-9H. The van der Waals surface area contributed by atoms with Gasteiger partial charge in [-0.05, 0) is 97.1 Å². The number of aliphatic imine (C=N–C) groups is 1. The molecular weight excluding hydrogens is 829 g/mol. The second-order valence-electron chi connectivity index (χ2n) is 15.8. The molecule has 0 aliphatic rings. The molecule has 0 fully saturated rings. The number of urea groups is 1. The van der Waals surface area contributed by atoms with E-state index in [0.717, 1.165) is 60.8 Å². The summed E-state index contributed by atoms with van der Waals surface area (Å²) in [7, 11) is 0. The van der Waals surface area contributed by atoms with Gasteiger partial charge in [-0.25, -0.2) is 9.59 Å². The van der Waals surface area contributed by atoms with Crippen molar-refractivity contribution in [1.82, 2.24) is 20.2 Å². The van der Waals surface area contributed by atoms with Gasteiger partial charge in [0, 0.05) is 41.9 Å². The summed E-state index contributed by atoms with van der Waals surface area (Å²) in [6, 6.07) is 46.2. The minimum atomic E-state index is -0.382. The number of hydrogen-bond acceptors (Lipinski definition) is 8. The number of carbonyl (C=O) groups is 1. The number of aryl methyl sites for hydroxylation is 4. The first-order chi connectivity index (χ1) is 32.0. The molecule has 0 saturated carbocycles. The highest BCUT2D eigenvalue weighted by Crippen LogP contribution is 2.30. The zero-order valence-corrected chi connectivity index (χ0v) is 37.5. The summed E-state index contributed by atoms with van der Waals surface area (Å²) in [4.78, 5) is 59.1. The van der Waals surface area contributed by atoms with Crippen LogP contribution in [0.15, 0.2) is 160 Å². The Morgan fingerprint density at radius 3 is 1.73 bits per heavy atom. The molecule has 2 heterocycles. The summed E-state index contributed by atoms with van der Waals surface area (Å²) in [6.45, 7) is 9.01. The van der Waals surface area contributed by atoms with Crippen molar-refractivity contribution in [2.75, 3.05) is 31.6 Å². The lowest BCUT2D eigenvalue weighted by molar-refractivity contribution is 0.185. The number of anilines is 1. The first kappa shape index (κ1) is 47.7. The van der Waals surface area contributed by atoms with Crippen molar-refractivity contribution in [3.63, 3.8) is 0 Å². The van der Waals surface area contributed by atoms with Crippen LogP contribution in [0.2, 0.25) is 0 Å². The van der Waals surface area contributed by atoms with Gasteiger partial charge in [-0.15, -0.1) is 0 Å². The van der Waals surface area contributed by atoms with Gasteiger partial charge in [-0.1, -0.05) is 120 Å². The van der Waals surface area contributed by atoms with Crippen LogP contribution in [0.4, 0.5) is 16.2 Å². The number of para-hydroxylation sites is 2. The molecule has 2 amide bonds. The molecule has 336 valence electrons. The molecule has 6 aromatic carbocycles. The van der Waals surface area contributed by atoms with Crippen LogP contribution >= 0.6 is 0 Å². The molecule has 0 saturated heterocycles. The van der Waals surface area contributed by atoms with Gasteiger partial charge in [0.05, 0.1) is 42.2 Å². The number of aromatic amines is 2. The van der Waals surface area contributed by atoms with Gasteiger partial charge in [0.15, 0.2) is 0 Å². The Morgan fingerprint density at radius 2 is 1.15 bits per heavy atom. The fraction of sp³-hybridized carbons (Fsp3) is 0.185. The third-order valence-corrected chi connectivity index (χ3v) is 10.8. The van der Waals surface area contributed by atoms with Crippen molar-refractivity contribution in [2.24, 2.45) is 4.99 Å². The lowest BCUT2D eigenvalue weighted by atomic mass is 10.0. The molecule has 0 aliphatic carbocycles. The molecule has 0 spiro atoms. The van der Waals surface area contributed by atoms with Crippen molar-refractivity contribution >= 4 is 45.3 Å². The second kappa shape index (κ2) is 23.3. The van der Waals surface area contributed by atoms with E-state index in [0.29, 0.717) is 35.6 Å². The Kier molecular flexibility index (Phi) is 16.8.